The highest BCUT2D eigenvalue weighted by Gasteiger charge is 2.24. The minimum atomic E-state index is -1.19. The van der Waals surface area contributed by atoms with Gasteiger partial charge in [0.2, 0.25) is 5.82 Å². The van der Waals surface area contributed by atoms with Gasteiger partial charge in [0.15, 0.2) is 11.6 Å². The zero-order valence-electron chi connectivity index (χ0n) is 10.8. The summed E-state index contributed by atoms with van der Waals surface area (Å²) in [6.45, 7) is 5.23. The molecule has 0 amide bonds. The number of nitrogens with zero attached hydrogens (tertiary/aromatic N) is 1. The summed E-state index contributed by atoms with van der Waals surface area (Å²) in [6, 6.07) is 1.29. The monoisotopic (exact) mass is 392 g/mol. The molecule has 0 saturated carbocycles. The van der Waals surface area contributed by atoms with Crippen molar-refractivity contribution in [2.24, 2.45) is 0 Å². The number of nitrogens with one attached hydrogen (secondary N) is 1. The summed E-state index contributed by atoms with van der Waals surface area (Å²) in [6.07, 6.45) is 0. The van der Waals surface area contributed by atoms with Crippen molar-refractivity contribution < 1.29 is 13.9 Å². The first-order chi connectivity index (χ1) is 8.52. The van der Waals surface area contributed by atoms with Gasteiger partial charge in [0.25, 0.3) is 0 Å². The third kappa shape index (κ3) is 3.95. The molecule has 0 spiro atoms. The van der Waals surface area contributed by atoms with Crippen LogP contribution in [0.3, 0.4) is 0 Å². The van der Waals surface area contributed by atoms with E-state index >= 15 is 0 Å². The lowest BCUT2D eigenvalue weighted by Gasteiger charge is -2.33. The van der Waals surface area contributed by atoms with Crippen molar-refractivity contribution in [3.05, 3.63) is 27.7 Å². The molecule has 1 aromatic rings. The average Bonchev–Trinajstić information content (AvgIpc) is 2.41. The summed E-state index contributed by atoms with van der Waals surface area (Å²) in [4.78, 5) is 2.12. The number of phenols is 1. The summed E-state index contributed by atoms with van der Waals surface area (Å²) in [5, 5.41) is 12.9. The molecule has 1 aliphatic rings. The lowest BCUT2D eigenvalue weighted by Crippen LogP contribution is -2.44. The van der Waals surface area contributed by atoms with Crippen LogP contribution < -0.4 is 5.32 Å². The highest BCUT2D eigenvalue weighted by Crippen LogP contribution is 2.35. The fourth-order valence-corrected chi connectivity index (χ4v) is 2.61. The van der Waals surface area contributed by atoms with Crippen LogP contribution in [0.4, 0.5) is 8.78 Å². The molecule has 1 atom stereocenters. The number of rotatable bonds is 2. The Labute approximate surface area is 137 Å². The van der Waals surface area contributed by atoms with Gasteiger partial charge in [-0.15, -0.1) is 24.8 Å². The summed E-state index contributed by atoms with van der Waals surface area (Å²) in [5.74, 6) is -2.84. The molecule has 0 radical (unpaired) electrons. The van der Waals surface area contributed by atoms with E-state index < -0.39 is 17.4 Å². The second-order valence-corrected chi connectivity index (χ2v) is 5.24. The van der Waals surface area contributed by atoms with Crippen LogP contribution in [0.25, 0.3) is 0 Å². The van der Waals surface area contributed by atoms with Crippen LogP contribution in [0.1, 0.15) is 18.5 Å². The summed E-state index contributed by atoms with van der Waals surface area (Å²) < 4.78 is 26.8. The molecule has 116 valence electrons. The van der Waals surface area contributed by atoms with Crippen LogP contribution in [-0.4, -0.2) is 36.2 Å². The van der Waals surface area contributed by atoms with Crippen molar-refractivity contribution in [1.82, 2.24) is 10.2 Å². The van der Waals surface area contributed by atoms with Gasteiger partial charge in [-0.3, -0.25) is 4.90 Å². The van der Waals surface area contributed by atoms with Gasteiger partial charge in [0.05, 0.1) is 4.47 Å². The van der Waals surface area contributed by atoms with Gasteiger partial charge in [0.1, 0.15) is 0 Å². The van der Waals surface area contributed by atoms with Crippen molar-refractivity contribution in [2.75, 3.05) is 26.2 Å². The fourth-order valence-electron chi connectivity index (χ4n) is 2.19. The Kier molecular flexibility index (Phi) is 8.28. The molecule has 1 heterocycles. The maximum atomic E-state index is 13.5. The topological polar surface area (TPSA) is 35.5 Å². The Balaban J connectivity index is 0.00000180. The molecule has 1 fully saturated rings. The number of benzene rings is 1. The largest absolute Gasteiger partial charge is 0.505 e. The predicted octanol–water partition coefficient (Wildman–Crippen LogP) is 3.24. The van der Waals surface area contributed by atoms with Gasteiger partial charge in [-0.25, -0.2) is 4.39 Å². The lowest BCUT2D eigenvalue weighted by atomic mass is 10.0. The number of hydrogen-bond acceptors (Lipinski definition) is 3. The Morgan fingerprint density at radius 1 is 1.25 bits per heavy atom. The van der Waals surface area contributed by atoms with Crippen LogP contribution in [0.2, 0.25) is 0 Å². The maximum Gasteiger partial charge on any atom is 0.201 e. The van der Waals surface area contributed by atoms with Gasteiger partial charge in [0, 0.05) is 37.8 Å². The van der Waals surface area contributed by atoms with Gasteiger partial charge < -0.3 is 10.4 Å². The van der Waals surface area contributed by atoms with Crippen LogP contribution >= 0.6 is 40.7 Å². The van der Waals surface area contributed by atoms with Gasteiger partial charge >= 0.3 is 0 Å². The first kappa shape index (κ1) is 19.9. The molecule has 20 heavy (non-hydrogen) atoms. The summed E-state index contributed by atoms with van der Waals surface area (Å²) >= 11 is 2.97. The highest BCUT2D eigenvalue weighted by molar-refractivity contribution is 9.10. The molecule has 1 aliphatic heterocycles. The van der Waals surface area contributed by atoms with Crippen molar-refractivity contribution in [3.63, 3.8) is 0 Å². The minimum Gasteiger partial charge on any atom is -0.505 e. The van der Waals surface area contributed by atoms with E-state index in [4.69, 9.17) is 0 Å². The van der Waals surface area contributed by atoms with E-state index in [2.05, 4.69) is 26.1 Å². The normalized spacial score (nSPS) is 17.0. The number of hydrogen-bond donors (Lipinski definition) is 2. The molecule has 3 nitrogen and oxygen atoms in total. The van der Waals surface area contributed by atoms with E-state index in [-0.39, 0.29) is 35.3 Å². The molecular formula is C12H17BrCl2F2N2O. The average molecular weight is 394 g/mol. The molecular weight excluding hydrogens is 377 g/mol. The molecule has 0 aliphatic carbocycles. The molecule has 0 unspecified atom stereocenters. The maximum absolute atomic E-state index is 13.5. The third-order valence-electron chi connectivity index (χ3n) is 3.32. The van der Waals surface area contributed by atoms with Crippen LogP contribution in [0, 0.1) is 11.6 Å². The van der Waals surface area contributed by atoms with Crippen LogP contribution in [0.5, 0.6) is 5.75 Å². The number of halogens is 5. The minimum absolute atomic E-state index is 0. The number of aromatic hydroxyl groups is 1. The SMILES string of the molecule is C[C@@H](c1cc(Br)c(F)c(F)c1O)N1CCNCC1.Cl.Cl. The van der Waals surface area contributed by atoms with Crippen molar-refractivity contribution in [2.45, 2.75) is 13.0 Å². The Bertz CT molecular complexity index is 460. The van der Waals surface area contributed by atoms with E-state index in [0.29, 0.717) is 5.56 Å². The number of phenolic OH excluding ortho intramolecular Hbond substituents is 1. The van der Waals surface area contributed by atoms with Crippen molar-refractivity contribution in [1.29, 1.82) is 0 Å². The third-order valence-corrected chi connectivity index (χ3v) is 3.89. The summed E-state index contributed by atoms with van der Waals surface area (Å²) in [5.41, 5.74) is 0.405. The van der Waals surface area contributed by atoms with Gasteiger partial charge in [-0.1, -0.05) is 0 Å². The van der Waals surface area contributed by atoms with E-state index in [9.17, 15) is 13.9 Å². The van der Waals surface area contributed by atoms with Crippen molar-refractivity contribution in [3.8, 4) is 5.75 Å². The fraction of sp³-hybridized carbons (Fsp3) is 0.500. The van der Waals surface area contributed by atoms with E-state index in [0.717, 1.165) is 26.2 Å². The predicted molar refractivity (Wildman–Crippen MR) is 83.1 cm³/mol. The molecule has 0 aromatic heterocycles. The Morgan fingerprint density at radius 2 is 1.80 bits per heavy atom. The van der Waals surface area contributed by atoms with E-state index in [1.807, 2.05) is 6.92 Å². The standard InChI is InChI=1S/C12H15BrF2N2O.2ClH/c1-7(17-4-2-16-3-5-17)8-6-9(13)10(14)11(15)12(8)18;;/h6-7,16,18H,2-5H2,1H3;2*1H/t7-;;/m0../s1. The first-order valence-electron chi connectivity index (χ1n) is 5.83. The lowest BCUT2D eigenvalue weighted by molar-refractivity contribution is 0.182. The van der Waals surface area contributed by atoms with Crippen LogP contribution in [-0.2, 0) is 0 Å². The highest BCUT2D eigenvalue weighted by atomic mass is 79.9. The summed E-state index contributed by atoms with van der Waals surface area (Å²) in [7, 11) is 0. The molecule has 8 heteroatoms. The molecule has 1 aromatic carbocycles. The van der Waals surface area contributed by atoms with E-state index in [1.54, 1.807) is 0 Å². The second kappa shape index (κ2) is 8.34. The van der Waals surface area contributed by atoms with E-state index in [1.165, 1.54) is 6.07 Å². The van der Waals surface area contributed by atoms with Crippen molar-refractivity contribution >= 4 is 40.7 Å². The molecule has 2 N–H and O–H groups in total. The Hall–Kier alpha value is -0.140. The zero-order valence-corrected chi connectivity index (χ0v) is 14.0. The van der Waals surface area contributed by atoms with Gasteiger partial charge in [-0.05, 0) is 28.9 Å². The second-order valence-electron chi connectivity index (χ2n) is 4.39. The Morgan fingerprint density at radius 3 is 2.35 bits per heavy atom. The van der Waals surface area contributed by atoms with Crippen LogP contribution in [0.15, 0.2) is 10.5 Å². The zero-order chi connectivity index (χ0) is 13.3. The quantitative estimate of drug-likeness (QED) is 0.757. The first-order valence-corrected chi connectivity index (χ1v) is 6.62. The molecule has 1 saturated heterocycles. The smallest absolute Gasteiger partial charge is 0.201 e. The number of piperazine rings is 1. The molecule has 0 bridgehead atoms. The van der Waals surface area contributed by atoms with Gasteiger partial charge in [-0.2, -0.15) is 4.39 Å². The molecule has 2 rings (SSSR count).